The van der Waals surface area contributed by atoms with Crippen LogP contribution in [0.1, 0.15) is 57.8 Å². The molecule has 0 radical (unpaired) electrons. The van der Waals surface area contributed by atoms with E-state index >= 15 is 0 Å². The van der Waals surface area contributed by atoms with Crippen LogP contribution in [0.3, 0.4) is 0 Å². The van der Waals surface area contributed by atoms with Crippen LogP contribution in [0, 0.1) is 0 Å². The van der Waals surface area contributed by atoms with Crippen LogP contribution in [0.2, 0.25) is 0 Å². The summed E-state index contributed by atoms with van der Waals surface area (Å²) < 4.78 is 4.60. The van der Waals surface area contributed by atoms with E-state index in [-0.39, 0.29) is 5.97 Å². The van der Waals surface area contributed by atoms with E-state index in [2.05, 4.69) is 23.0 Å². The largest absolute Gasteiger partial charge is 0.469 e. The normalized spacial score (nSPS) is 11.5. The lowest BCUT2D eigenvalue weighted by Gasteiger charge is -2.00. The molecule has 0 rings (SSSR count). The molecule has 0 heterocycles. The van der Waals surface area contributed by atoms with Gasteiger partial charge >= 0.3 is 5.97 Å². The lowest BCUT2D eigenvalue weighted by Crippen LogP contribution is -1.99. The summed E-state index contributed by atoms with van der Waals surface area (Å²) in [4.78, 5) is 10.9. The molecule has 0 saturated heterocycles. The van der Waals surface area contributed by atoms with Crippen LogP contribution in [0.15, 0.2) is 24.3 Å². The Balaban J connectivity index is 3.14. The molecule has 0 atom stereocenters. The molecule has 3 heteroatoms. The summed E-state index contributed by atoms with van der Waals surface area (Å²) in [5, 5.41) is 0. The van der Waals surface area contributed by atoms with E-state index in [0.717, 1.165) is 25.7 Å². The number of methoxy groups -OCH3 is 1. The number of halogens is 1. The highest BCUT2D eigenvalue weighted by Crippen LogP contribution is 2.09. The first-order valence-corrected chi connectivity index (χ1v) is 7.77. The Morgan fingerprint density at radius 2 is 1.58 bits per heavy atom. The molecule has 2 nitrogen and oxygen atoms in total. The van der Waals surface area contributed by atoms with Gasteiger partial charge in [-0.3, -0.25) is 4.79 Å². The fourth-order valence-corrected chi connectivity index (χ4v) is 1.92. The molecule has 0 aliphatic heterocycles. The molecule has 0 saturated carbocycles. The number of ether oxygens (including phenoxy) is 1. The van der Waals surface area contributed by atoms with Gasteiger partial charge in [-0.1, -0.05) is 50.0 Å². The van der Waals surface area contributed by atoms with Crippen LogP contribution in [0.4, 0.5) is 0 Å². The summed E-state index contributed by atoms with van der Waals surface area (Å²) in [5.41, 5.74) is 0. The summed E-state index contributed by atoms with van der Waals surface area (Å²) in [7, 11) is 1.45. The molecule has 110 valence electrons. The number of hydrogen-bond donors (Lipinski definition) is 0. The van der Waals surface area contributed by atoms with Crippen LogP contribution in [-0.4, -0.2) is 19.0 Å². The van der Waals surface area contributed by atoms with Gasteiger partial charge in [0.2, 0.25) is 0 Å². The summed E-state index contributed by atoms with van der Waals surface area (Å²) >= 11 is 5.52. The van der Waals surface area contributed by atoms with Crippen molar-refractivity contribution in [3.05, 3.63) is 24.3 Å². The fraction of sp³-hybridized carbons (Fsp3) is 0.688. The summed E-state index contributed by atoms with van der Waals surface area (Å²) in [6.45, 7) is 0. The Labute approximate surface area is 122 Å². The minimum Gasteiger partial charge on any atom is -0.469 e. The molecule has 0 N–H and O–H groups in total. The summed E-state index contributed by atoms with van der Waals surface area (Å²) in [5.74, 6) is 0.512. The third kappa shape index (κ3) is 15.2. The van der Waals surface area contributed by atoms with Crippen molar-refractivity contribution in [2.75, 3.05) is 13.0 Å². The first-order chi connectivity index (χ1) is 9.31. The first kappa shape index (κ1) is 18.2. The Hall–Kier alpha value is -0.760. The van der Waals surface area contributed by atoms with Gasteiger partial charge in [0.15, 0.2) is 0 Å². The lowest BCUT2D eigenvalue weighted by atomic mass is 10.1. The highest BCUT2D eigenvalue weighted by molar-refractivity contribution is 6.18. The van der Waals surface area contributed by atoms with E-state index in [1.165, 1.54) is 32.8 Å². The molecule has 0 aliphatic carbocycles. The lowest BCUT2D eigenvalue weighted by molar-refractivity contribution is -0.140. The number of esters is 1. The second-order valence-electron chi connectivity index (χ2n) is 4.57. The third-order valence-electron chi connectivity index (χ3n) is 2.92. The highest BCUT2D eigenvalue weighted by Gasteiger charge is 1.98. The molecule has 0 aliphatic rings. The number of carbonyl (C=O) groups is 1. The maximum absolute atomic E-state index is 10.9. The van der Waals surface area contributed by atoms with Crippen molar-refractivity contribution in [1.82, 2.24) is 0 Å². The van der Waals surface area contributed by atoms with Crippen molar-refractivity contribution in [2.24, 2.45) is 0 Å². The van der Waals surface area contributed by atoms with Gasteiger partial charge in [0.05, 0.1) is 7.11 Å². The molecule has 0 bridgehead atoms. The molecule has 0 fully saturated rings. The quantitative estimate of drug-likeness (QED) is 0.218. The zero-order chi connectivity index (χ0) is 14.2. The standard InChI is InChI=1S/C16H27ClO2/c1-19-16(18)14-12-10-8-6-4-2-3-5-7-9-11-13-15-17/h5,7,11,13H,2-4,6,8-10,12,14-15H2,1H3/b7-5-,13-11-. The average molecular weight is 287 g/mol. The average Bonchev–Trinajstić information content (AvgIpc) is 2.43. The maximum Gasteiger partial charge on any atom is 0.305 e. The number of rotatable bonds is 12. The van der Waals surface area contributed by atoms with Gasteiger partial charge in [0.1, 0.15) is 0 Å². The monoisotopic (exact) mass is 286 g/mol. The molecule has 0 aromatic carbocycles. The maximum atomic E-state index is 10.9. The molecule has 0 amide bonds. The Morgan fingerprint density at radius 1 is 0.947 bits per heavy atom. The topological polar surface area (TPSA) is 26.3 Å². The van der Waals surface area contributed by atoms with Crippen molar-refractivity contribution in [1.29, 1.82) is 0 Å². The van der Waals surface area contributed by atoms with Crippen LogP contribution < -0.4 is 0 Å². The van der Waals surface area contributed by atoms with Gasteiger partial charge in [0, 0.05) is 12.3 Å². The number of unbranched alkanes of at least 4 members (excludes halogenated alkanes) is 6. The van der Waals surface area contributed by atoms with Crippen LogP contribution in [0.5, 0.6) is 0 Å². The minimum absolute atomic E-state index is 0.0895. The smallest absolute Gasteiger partial charge is 0.305 e. The van der Waals surface area contributed by atoms with E-state index in [1.807, 2.05) is 6.08 Å². The SMILES string of the molecule is COC(=O)CCCCCCCC/C=C\C/C=C\CCl. The van der Waals surface area contributed by atoms with Gasteiger partial charge in [-0.25, -0.2) is 0 Å². The second-order valence-corrected chi connectivity index (χ2v) is 4.88. The Morgan fingerprint density at radius 3 is 2.26 bits per heavy atom. The molecular formula is C16H27ClO2. The van der Waals surface area contributed by atoms with E-state index < -0.39 is 0 Å². The number of hydrogen-bond acceptors (Lipinski definition) is 2. The molecule has 0 spiro atoms. The summed E-state index contributed by atoms with van der Waals surface area (Å²) in [6.07, 6.45) is 18.3. The zero-order valence-corrected chi connectivity index (χ0v) is 12.8. The molecule has 19 heavy (non-hydrogen) atoms. The van der Waals surface area contributed by atoms with Crippen molar-refractivity contribution in [2.45, 2.75) is 57.8 Å². The Kier molecular flexibility index (Phi) is 14.7. The number of allylic oxidation sites excluding steroid dienone is 4. The van der Waals surface area contributed by atoms with Gasteiger partial charge in [0.25, 0.3) is 0 Å². The molecule has 0 aromatic heterocycles. The van der Waals surface area contributed by atoms with Gasteiger partial charge in [-0.15, -0.1) is 11.6 Å². The van der Waals surface area contributed by atoms with Crippen molar-refractivity contribution in [3.8, 4) is 0 Å². The number of carbonyl (C=O) groups excluding carboxylic acids is 1. The van der Waals surface area contributed by atoms with Crippen molar-refractivity contribution < 1.29 is 9.53 Å². The predicted molar refractivity (Wildman–Crippen MR) is 82.6 cm³/mol. The van der Waals surface area contributed by atoms with E-state index in [9.17, 15) is 4.79 Å². The van der Waals surface area contributed by atoms with Crippen molar-refractivity contribution >= 4 is 17.6 Å². The minimum atomic E-state index is -0.0895. The Bertz CT molecular complexity index is 259. The molecule has 0 unspecified atom stereocenters. The van der Waals surface area contributed by atoms with E-state index in [0.29, 0.717) is 12.3 Å². The first-order valence-electron chi connectivity index (χ1n) is 7.24. The van der Waals surface area contributed by atoms with Gasteiger partial charge in [-0.2, -0.15) is 0 Å². The van der Waals surface area contributed by atoms with E-state index in [1.54, 1.807) is 0 Å². The van der Waals surface area contributed by atoms with E-state index in [4.69, 9.17) is 11.6 Å². The van der Waals surface area contributed by atoms with Crippen LogP contribution >= 0.6 is 11.6 Å². The van der Waals surface area contributed by atoms with Crippen LogP contribution in [-0.2, 0) is 9.53 Å². The number of alkyl halides is 1. The summed E-state index contributed by atoms with van der Waals surface area (Å²) in [6, 6.07) is 0. The van der Waals surface area contributed by atoms with Crippen LogP contribution in [0.25, 0.3) is 0 Å². The fourth-order valence-electron chi connectivity index (χ4n) is 1.79. The van der Waals surface area contributed by atoms with Gasteiger partial charge in [-0.05, 0) is 25.7 Å². The molecular weight excluding hydrogens is 260 g/mol. The third-order valence-corrected chi connectivity index (χ3v) is 3.10. The van der Waals surface area contributed by atoms with Crippen molar-refractivity contribution in [3.63, 3.8) is 0 Å². The second kappa shape index (κ2) is 15.3. The zero-order valence-electron chi connectivity index (χ0n) is 12.1. The predicted octanol–water partition coefficient (Wildman–Crippen LogP) is 5.02. The molecule has 0 aromatic rings. The highest BCUT2D eigenvalue weighted by atomic mass is 35.5. The van der Waals surface area contributed by atoms with Gasteiger partial charge < -0.3 is 4.74 Å².